The van der Waals surface area contributed by atoms with Crippen LogP contribution in [-0.2, 0) is 0 Å². The summed E-state index contributed by atoms with van der Waals surface area (Å²) in [4.78, 5) is 30.9. The second-order valence-electron chi connectivity index (χ2n) is 6.73. The maximum atomic E-state index is 12.5. The molecule has 130 valence electrons. The first-order chi connectivity index (χ1) is 12.5. The van der Waals surface area contributed by atoms with Gasteiger partial charge >= 0.3 is 0 Å². The molecule has 0 radical (unpaired) electrons. The molecule has 0 fully saturated rings. The lowest BCUT2D eigenvalue weighted by molar-refractivity contribution is 0.0934. The molecule has 2 heterocycles. The zero-order valence-electron chi connectivity index (χ0n) is 14.6. The van der Waals surface area contributed by atoms with Gasteiger partial charge in [-0.3, -0.25) is 9.59 Å². The van der Waals surface area contributed by atoms with Gasteiger partial charge < -0.3 is 15.3 Å². The summed E-state index contributed by atoms with van der Waals surface area (Å²) in [5.74, 6) is -0.191. The van der Waals surface area contributed by atoms with Crippen LogP contribution in [0, 0.1) is 5.92 Å². The quantitative estimate of drug-likeness (QED) is 0.467. The molecule has 0 aliphatic heterocycles. The summed E-state index contributed by atoms with van der Waals surface area (Å²) in [5.41, 5.74) is 3.59. The highest BCUT2D eigenvalue weighted by atomic mass is 16.2. The van der Waals surface area contributed by atoms with Gasteiger partial charge in [-0.1, -0.05) is 32.0 Å². The summed E-state index contributed by atoms with van der Waals surface area (Å²) in [5, 5.41) is 4.79. The Balaban J connectivity index is 1.60. The number of fused-ring (bicyclic) bond motifs is 2. The first-order valence-electron chi connectivity index (χ1n) is 8.57. The van der Waals surface area contributed by atoms with E-state index in [4.69, 9.17) is 0 Å². The molecule has 1 amide bonds. The van der Waals surface area contributed by atoms with Gasteiger partial charge in [-0.25, -0.2) is 0 Å². The van der Waals surface area contributed by atoms with Crippen molar-refractivity contribution in [3.05, 3.63) is 66.0 Å². The molecule has 5 heteroatoms. The van der Waals surface area contributed by atoms with Crippen molar-refractivity contribution in [3.63, 3.8) is 0 Å². The fraction of sp³-hybridized carbons (Fsp3) is 0.143. The maximum absolute atomic E-state index is 12.5. The van der Waals surface area contributed by atoms with Gasteiger partial charge in [-0.2, -0.15) is 0 Å². The van der Waals surface area contributed by atoms with Crippen molar-refractivity contribution >= 4 is 39.2 Å². The number of benzene rings is 2. The van der Waals surface area contributed by atoms with Crippen LogP contribution < -0.4 is 5.32 Å². The van der Waals surface area contributed by atoms with Crippen LogP contribution in [0.15, 0.2) is 54.6 Å². The molecule has 3 N–H and O–H groups in total. The van der Waals surface area contributed by atoms with E-state index < -0.39 is 0 Å². The predicted octanol–water partition coefficient (Wildman–Crippen LogP) is 4.74. The summed E-state index contributed by atoms with van der Waals surface area (Å²) in [6.45, 7) is 3.75. The van der Waals surface area contributed by atoms with Gasteiger partial charge in [-0.05, 0) is 36.4 Å². The Hall–Kier alpha value is -3.34. The summed E-state index contributed by atoms with van der Waals surface area (Å²) < 4.78 is 0. The van der Waals surface area contributed by atoms with Crippen molar-refractivity contribution in [1.82, 2.24) is 9.97 Å². The molecule has 2 aromatic carbocycles. The van der Waals surface area contributed by atoms with Crippen molar-refractivity contribution in [2.45, 2.75) is 13.8 Å². The highest BCUT2D eigenvalue weighted by Crippen LogP contribution is 2.22. The first-order valence-corrected chi connectivity index (χ1v) is 8.57. The number of H-pyrrole nitrogens is 2. The summed E-state index contributed by atoms with van der Waals surface area (Å²) in [6, 6.07) is 17.0. The van der Waals surface area contributed by atoms with Crippen LogP contribution in [0.3, 0.4) is 0 Å². The smallest absolute Gasteiger partial charge is 0.272 e. The van der Waals surface area contributed by atoms with Crippen molar-refractivity contribution in [3.8, 4) is 0 Å². The van der Waals surface area contributed by atoms with Gasteiger partial charge in [0, 0.05) is 33.4 Å². The Kier molecular flexibility index (Phi) is 3.84. The average Bonchev–Trinajstić information content (AvgIpc) is 3.24. The number of nitrogens with one attached hydrogen (secondary N) is 3. The van der Waals surface area contributed by atoms with Gasteiger partial charge in [0.25, 0.3) is 5.91 Å². The lowest BCUT2D eigenvalue weighted by Crippen LogP contribution is -2.11. The normalized spacial score (nSPS) is 11.3. The van der Waals surface area contributed by atoms with Crippen LogP contribution in [0.4, 0.5) is 5.69 Å². The van der Waals surface area contributed by atoms with Gasteiger partial charge in [-0.15, -0.1) is 0 Å². The largest absolute Gasteiger partial charge is 0.352 e. The molecule has 4 rings (SSSR count). The van der Waals surface area contributed by atoms with Crippen LogP contribution in [0.25, 0.3) is 21.8 Å². The fourth-order valence-electron chi connectivity index (χ4n) is 3.05. The predicted molar refractivity (Wildman–Crippen MR) is 104 cm³/mol. The van der Waals surface area contributed by atoms with Gasteiger partial charge in [0.1, 0.15) is 5.69 Å². The van der Waals surface area contributed by atoms with Crippen LogP contribution >= 0.6 is 0 Å². The standard InChI is InChI=1S/C21H19N3O2/c1-12(2)20(25)18-11-14-9-15(7-8-17(14)23-18)22-21(26)19-10-13-5-3-4-6-16(13)24-19/h3-12,23-24H,1-2H3,(H,22,26). The van der Waals surface area contributed by atoms with E-state index in [1.54, 1.807) is 0 Å². The number of anilines is 1. The summed E-state index contributed by atoms with van der Waals surface area (Å²) in [6.07, 6.45) is 0. The lowest BCUT2D eigenvalue weighted by Gasteiger charge is -2.03. The van der Waals surface area contributed by atoms with Crippen LogP contribution in [0.2, 0.25) is 0 Å². The second-order valence-corrected chi connectivity index (χ2v) is 6.73. The molecule has 0 aliphatic carbocycles. The molecule has 0 atom stereocenters. The summed E-state index contributed by atoms with van der Waals surface area (Å²) in [7, 11) is 0. The van der Waals surface area contributed by atoms with E-state index in [2.05, 4.69) is 15.3 Å². The lowest BCUT2D eigenvalue weighted by atomic mass is 10.1. The molecule has 2 aromatic heterocycles. The van der Waals surface area contributed by atoms with Gasteiger partial charge in [0.05, 0.1) is 5.69 Å². The molecule has 26 heavy (non-hydrogen) atoms. The molecule has 0 saturated heterocycles. The number of rotatable bonds is 4. The Morgan fingerprint density at radius 2 is 1.54 bits per heavy atom. The van der Waals surface area contributed by atoms with Crippen LogP contribution in [-0.4, -0.2) is 21.7 Å². The third-order valence-corrected chi connectivity index (χ3v) is 4.44. The molecular formula is C21H19N3O2. The number of aromatic amines is 2. The van der Waals surface area contributed by atoms with Gasteiger partial charge in [0.15, 0.2) is 5.78 Å². The molecular weight excluding hydrogens is 326 g/mol. The Morgan fingerprint density at radius 1 is 0.846 bits per heavy atom. The topological polar surface area (TPSA) is 77.8 Å². The number of carbonyl (C=O) groups is 2. The average molecular weight is 345 g/mol. The SMILES string of the molecule is CC(C)C(=O)c1cc2cc(NC(=O)c3cc4ccccc4[nH]3)ccc2[nH]1. The zero-order valence-corrected chi connectivity index (χ0v) is 14.6. The number of aromatic nitrogens is 2. The number of para-hydroxylation sites is 1. The number of Topliss-reactive ketones (excluding diaryl/α,β-unsaturated/α-hetero) is 1. The Labute approximate surface area is 150 Å². The van der Waals surface area contributed by atoms with Crippen molar-refractivity contribution < 1.29 is 9.59 Å². The number of hydrogen-bond donors (Lipinski definition) is 3. The third kappa shape index (κ3) is 2.88. The zero-order chi connectivity index (χ0) is 18.3. The van der Waals surface area contributed by atoms with Crippen molar-refractivity contribution in [2.75, 3.05) is 5.32 Å². The molecule has 5 nitrogen and oxygen atoms in total. The minimum atomic E-state index is -0.199. The Bertz CT molecular complexity index is 1100. The molecule has 4 aromatic rings. The molecule has 0 bridgehead atoms. The minimum absolute atomic E-state index is 0.0655. The molecule has 0 unspecified atom stereocenters. The first kappa shape index (κ1) is 16.1. The highest BCUT2D eigenvalue weighted by Gasteiger charge is 2.14. The summed E-state index contributed by atoms with van der Waals surface area (Å²) >= 11 is 0. The molecule has 0 spiro atoms. The number of amides is 1. The highest BCUT2D eigenvalue weighted by molar-refractivity contribution is 6.07. The second kappa shape index (κ2) is 6.19. The molecule has 0 aliphatic rings. The number of ketones is 1. The van der Waals surface area contributed by atoms with E-state index in [0.29, 0.717) is 17.1 Å². The fourth-order valence-corrected chi connectivity index (χ4v) is 3.05. The minimum Gasteiger partial charge on any atom is -0.352 e. The monoisotopic (exact) mass is 345 g/mol. The van der Waals surface area contributed by atoms with Crippen molar-refractivity contribution in [1.29, 1.82) is 0 Å². The van der Waals surface area contributed by atoms with E-state index in [1.807, 2.05) is 68.4 Å². The van der Waals surface area contributed by atoms with Crippen LogP contribution in [0.5, 0.6) is 0 Å². The Morgan fingerprint density at radius 3 is 2.31 bits per heavy atom. The van der Waals surface area contributed by atoms with E-state index >= 15 is 0 Å². The van der Waals surface area contributed by atoms with Crippen LogP contribution in [0.1, 0.15) is 34.8 Å². The number of hydrogen-bond acceptors (Lipinski definition) is 2. The van der Waals surface area contributed by atoms with E-state index in [9.17, 15) is 9.59 Å². The van der Waals surface area contributed by atoms with E-state index in [-0.39, 0.29) is 17.6 Å². The third-order valence-electron chi connectivity index (χ3n) is 4.44. The number of carbonyl (C=O) groups excluding carboxylic acids is 2. The van der Waals surface area contributed by atoms with E-state index in [1.165, 1.54) is 0 Å². The maximum Gasteiger partial charge on any atom is 0.272 e. The molecule has 0 saturated carbocycles. The van der Waals surface area contributed by atoms with E-state index in [0.717, 1.165) is 21.8 Å². The van der Waals surface area contributed by atoms with Crippen molar-refractivity contribution in [2.24, 2.45) is 5.92 Å². The van der Waals surface area contributed by atoms with Gasteiger partial charge in [0.2, 0.25) is 0 Å².